The SMILES string of the molecule is Cl.O=C(c1cccc(Cl)c1)N1CCCN(C(=O)C2CC(F)(F)CN2)CC1. The van der Waals surface area contributed by atoms with Crippen LogP contribution < -0.4 is 5.32 Å². The topological polar surface area (TPSA) is 52.7 Å². The van der Waals surface area contributed by atoms with Gasteiger partial charge in [0.25, 0.3) is 11.8 Å². The zero-order valence-corrected chi connectivity index (χ0v) is 15.7. The van der Waals surface area contributed by atoms with E-state index in [9.17, 15) is 18.4 Å². The van der Waals surface area contributed by atoms with E-state index in [1.165, 1.54) is 0 Å². The Kier molecular flexibility index (Phi) is 6.82. The van der Waals surface area contributed by atoms with E-state index in [0.717, 1.165) is 0 Å². The van der Waals surface area contributed by atoms with Gasteiger partial charge in [0, 0.05) is 43.2 Å². The van der Waals surface area contributed by atoms with E-state index in [1.807, 2.05) is 0 Å². The molecule has 0 bridgehead atoms. The molecule has 144 valence electrons. The van der Waals surface area contributed by atoms with Gasteiger partial charge in [-0.3, -0.25) is 14.9 Å². The summed E-state index contributed by atoms with van der Waals surface area (Å²) >= 11 is 5.93. The minimum Gasteiger partial charge on any atom is -0.339 e. The Morgan fingerprint density at radius 2 is 1.85 bits per heavy atom. The van der Waals surface area contributed by atoms with Crippen LogP contribution in [0.3, 0.4) is 0 Å². The summed E-state index contributed by atoms with van der Waals surface area (Å²) in [6.45, 7) is 1.23. The van der Waals surface area contributed by atoms with Crippen molar-refractivity contribution in [2.24, 2.45) is 0 Å². The van der Waals surface area contributed by atoms with Crippen molar-refractivity contribution in [2.45, 2.75) is 24.8 Å². The van der Waals surface area contributed by atoms with Crippen LogP contribution in [0.15, 0.2) is 24.3 Å². The van der Waals surface area contributed by atoms with Crippen LogP contribution in [0.25, 0.3) is 0 Å². The number of benzene rings is 1. The number of amides is 2. The Morgan fingerprint density at radius 1 is 1.15 bits per heavy atom. The summed E-state index contributed by atoms with van der Waals surface area (Å²) in [6.07, 6.45) is 0.147. The Balaban J connectivity index is 0.00000243. The van der Waals surface area contributed by atoms with Crippen molar-refractivity contribution in [3.8, 4) is 0 Å². The summed E-state index contributed by atoms with van der Waals surface area (Å²) in [5.41, 5.74) is 0.504. The van der Waals surface area contributed by atoms with E-state index in [-0.39, 0.29) is 24.2 Å². The summed E-state index contributed by atoms with van der Waals surface area (Å²) < 4.78 is 26.6. The molecule has 2 fully saturated rings. The van der Waals surface area contributed by atoms with E-state index in [2.05, 4.69) is 5.32 Å². The number of halogens is 4. The van der Waals surface area contributed by atoms with Crippen LogP contribution in [0.4, 0.5) is 8.78 Å². The Morgan fingerprint density at radius 3 is 2.50 bits per heavy atom. The third-order valence-electron chi connectivity index (χ3n) is 4.57. The van der Waals surface area contributed by atoms with E-state index < -0.39 is 24.9 Å². The van der Waals surface area contributed by atoms with Crippen LogP contribution in [0.5, 0.6) is 0 Å². The van der Waals surface area contributed by atoms with E-state index in [0.29, 0.717) is 43.2 Å². The van der Waals surface area contributed by atoms with Crippen LogP contribution in [-0.4, -0.2) is 66.3 Å². The molecule has 1 aromatic carbocycles. The minimum atomic E-state index is -2.83. The number of nitrogens with zero attached hydrogens (tertiary/aromatic N) is 2. The van der Waals surface area contributed by atoms with E-state index in [1.54, 1.807) is 34.1 Å². The highest BCUT2D eigenvalue weighted by atomic mass is 35.5. The number of hydrogen-bond acceptors (Lipinski definition) is 3. The quantitative estimate of drug-likeness (QED) is 0.818. The molecule has 5 nitrogen and oxygen atoms in total. The molecule has 2 saturated heterocycles. The van der Waals surface area contributed by atoms with Gasteiger partial charge in [0.2, 0.25) is 5.91 Å². The fourth-order valence-corrected chi connectivity index (χ4v) is 3.45. The van der Waals surface area contributed by atoms with Gasteiger partial charge in [-0.05, 0) is 24.6 Å². The van der Waals surface area contributed by atoms with Crippen molar-refractivity contribution in [3.63, 3.8) is 0 Å². The van der Waals surface area contributed by atoms with Crippen LogP contribution in [0.1, 0.15) is 23.2 Å². The zero-order valence-electron chi connectivity index (χ0n) is 14.1. The fourth-order valence-electron chi connectivity index (χ4n) is 3.26. The van der Waals surface area contributed by atoms with E-state index >= 15 is 0 Å². The molecule has 1 unspecified atom stereocenters. The van der Waals surface area contributed by atoms with Gasteiger partial charge in [0.15, 0.2) is 0 Å². The molecule has 0 aromatic heterocycles. The maximum absolute atomic E-state index is 13.3. The van der Waals surface area contributed by atoms with Crippen molar-refractivity contribution in [2.75, 3.05) is 32.7 Å². The van der Waals surface area contributed by atoms with Gasteiger partial charge < -0.3 is 9.80 Å². The van der Waals surface area contributed by atoms with Crippen molar-refractivity contribution in [1.82, 2.24) is 15.1 Å². The van der Waals surface area contributed by atoms with Gasteiger partial charge in [-0.15, -0.1) is 12.4 Å². The van der Waals surface area contributed by atoms with Crippen molar-refractivity contribution < 1.29 is 18.4 Å². The predicted molar refractivity (Wildman–Crippen MR) is 97.2 cm³/mol. The van der Waals surface area contributed by atoms with Crippen molar-refractivity contribution >= 4 is 35.8 Å². The smallest absolute Gasteiger partial charge is 0.262 e. The maximum Gasteiger partial charge on any atom is 0.262 e. The summed E-state index contributed by atoms with van der Waals surface area (Å²) in [6, 6.07) is 5.89. The molecule has 9 heteroatoms. The third-order valence-corrected chi connectivity index (χ3v) is 4.81. The third kappa shape index (κ3) is 4.84. The first kappa shape index (κ1) is 20.9. The molecule has 3 rings (SSSR count). The number of carbonyl (C=O) groups excluding carboxylic acids is 2. The molecular formula is C17H21Cl2F2N3O2. The second-order valence-electron chi connectivity index (χ2n) is 6.47. The second kappa shape index (κ2) is 8.50. The normalized spacial score (nSPS) is 22.5. The van der Waals surface area contributed by atoms with Crippen LogP contribution in [0.2, 0.25) is 5.02 Å². The Labute approximate surface area is 162 Å². The summed E-state index contributed by atoms with van der Waals surface area (Å²) in [5.74, 6) is -3.28. The maximum atomic E-state index is 13.3. The molecule has 0 aliphatic carbocycles. The molecule has 26 heavy (non-hydrogen) atoms. The lowest BCUT2D eigenvalue weighted by molar-refractivity contribution is -0.133. The molecule has 1 N–H and O–H groups in total. The lowest BCUT2D eigenvalue weighted by Gasteiger charge is -2.24. The Bertz CT molecular complexity index is 675. The number of nitrogens with one attached hydrogen (secondary N) is 1. The first-order valence-corrected chi connectivity index (χ1v) is 8.68. The lowest BCUT2D eigenvalue weighted by atomic mass is 10.1. The average Bonchev–Trinajstić information content (AvgIpc) is 2.80. The fraction of sp³-hybridized carbons (Fsp3) is 0.529. The number of alkyl halides is 2. The van der Waals surface area contributed by atoms with Crippen LogP contribution >= 0.6 is 24.0 Å². The van der Waals surface area contributed by atoms with Gasteiger partial charge in [0.05, 0.1) is 12.6 Å². The molecule has 2 aliphatic rings. The summed E-state index contributed by atoms with van der Waals surface area (Å²) in [7, 11) is 0. The molecule has 0 saturated carbocycles. The van der Waals surface area contributed by atoms with Gasteiger partial charge >= 0.3 is 0 Å². The van der Waals surface area contributed by atoms with Gasteiger partial charge in [-0.25, -0.2) is 8.78 Å². The van der Waals surface area contributed by atoms with E-state index in [4.69, 9.17) is 11.6 Å². The van der Waals surface area contributed by atoms with Gasteiger partial charge in [0.1, 0.15) is 0 Å². The molecule has 0 radical (unpaired) electrons. The molecular weight excluding hydrogens is 387 g/mol. The Hall–Kier alpha value is -1.44. The van der Waals surface area contributed by atoms with Gasteiger partial charge in [-0.1, -0.05) is 17.7 Å². The van der Waals surface area contributed by atoms with Crippen LogP contribution in [0, 0.1) is 0 Å². The highest BCUT2D eigenvalue weighted by Crippen LogP contribution is 2.26. The first-order chi connectivity index (χ1) is 11.9. The standard InChI is InChI=1S/C17H20ClF2N3O2.ClH/c18-13-4-1-3-12(9-13)15(24)22-5-2-6-23(8-7-22)16(25)14-10-17(19,20)11-21-14;/h1,3-4,9,14,21H,2,5-8,10-11H2;1H. The number of hydrogen-bond donors (Lipinski definition) is 1. The highest BCUT2D eigenvalue weighted by Gasteiger charge is 2.43. The molecule has 0 spiro atoms. The lowest BCUT2D eigenvalue weighted by Crippen LogP contribution is -2.45. The second-order valence-corrected chi connectivity index (χ2v) is 6.91. The summed E-state index contributed by atoms with van der Waals surface area (Å²) in [4.78, 5) is 28.3. The highest BCUT2D eigenvalue weighted by molar-refractivity contribution is 6.30. The summed E-state index contributed by atoms with van der Waals surface area (Å²) in [5, 5.41) is 3.09. The molecule has 2 heterocycles. The largest absolute Gasteiger partial charge is 0.339 e. The monoisotopic (exact) mass is 407 g/mol. The molecule has 2 amide bonds. The van der Waals surface area contributed by atoms with Gasteiger partial charge in [-0.2, -0.15) is 0 Å². The number of carbonyl (C=O) groups is 2. The van der Waals surface area contributed by atoms with Crippen molar-refractivity contribution in [3.05, 3.63) is 34.9 Å². The molecule has 1 aromatic rings. The predicted octanol–water partition coefficient (Wildman–Crippen LogP) is 2.43. The number of rotatable bonds is 2. The molecule has 2 aliphatic heterocycles. The zero-order chi connectivity index (χ0) is 18.0. The minimum absolute atomic E-state index is 0. The first-order valence-electron chi connectivity index (χ1n) is 8.30. The average molecular weight is 408 g/mol. The van der Waals surface area contributed by atoms with Crippen LogP contribution in [-0.2, 0) is 4.79 Å². The van der Waals surface area contributed by atoms with Crippen molar-refractivity contribution in [1.29, 1.82) is 0 Å². The molecule has 1 atom stereocenters.